The highest BCUT2D eigenvalue weighted by Gasteiger charge is 2.02. The third kappa shape index (κ3) is 4.49. The second-order valence-electron chi connectivity index (χ2n) is 3.85. The molecule has 0 aromatic carbocycles. The van der Waals surface area contributed by atoms with Crippen molar-refractivity contribution in [3.05, 3.63) is 18.2 Å². The molecule has 1 unspecified atom stereocenters. The van der Waals surface area contributed by atoms with E-state index in [1.807, 2.05) is 25.1 Å². The SMILES string of the molecule is CCNc1cccc(NC(C)CCCO)n1. The van der Waals surface area contributed by atoms with Crippen LogP contribution >= 0.6 is 0 Å². The second-order valence-corrected chi connectivity index (χ2v) is 3.85. The van der Waals surface area contributed by atoms with Gasteiger partial charge in [0.25, 0.3) is 0 Å². The smallest absolute Gasteiger partial charge is 0.128 e. The first kappa shape index (κ1) is 12.8. The van der Waals surface area contributed by atoms with Crippen LogP contribution in [0.3, 0.4) is 0 Å². The van der Waals surface area contributed by atoms with E-state index in [4.69, 9.17) is 5.11 Å². The number of aliphatic hydroxyl groups excluding tert-OH is 1. The van der Waals surface area contributed by atoms with Gasteiger partial charge in [0.15, 0.2) is 0 Å². The Hall–Kier alpha value is -1.29. The predicted octanol–water partition coefficient (Wildman–Crippen LogP) is 2.09. The normalized spacial score (nSPS) is 12.2. The molecule has 0 fully saturated rings. The molecule has 0 aliphatic heterocycles. The van der Waals surface area contributed by atoms with Crippen LogP contribution in [0, 0.1) is 0 Å². The Morgan fingerprint density at radius 1 is 1.38 bits per heavy atom. The number of pyridine rings is 1. The lowest BCUT2D eigenvalue weighted by molar-refractivity contribution is 0.282. The number of aliphatic hydroxyl groups is 1. The van der Waals surface area contributed by atoms with Crippen molar-refractivity contribution >= 4 is 11.6 Å². The molecule has 0 saturated carbocycles. The molecule has 0 aliphatic rings. The van der Waals surface area contributed by atoms with Gasteiger partial charge >= 0.3 is 0 Å². The number of hydrogen-bond donors (Lipinski definition) is 3. The van der Waals surface area contributed by atoms with Crippen LogP contribution in [-0.4, -0.2) is 29.3 Å². The Kier molecular flexibility index (Phi) is 5.64. The average Bonchev–Trinajstić information content (AvgIpc) is 2.27. The zero-order chi connectivity index (χ0) is 11.8. The van der Waals surface area contributed by atoms with Crippen molar-refractivity contribution in [2.45, 2.75) is 32.7 Å². The third-order valence-corrected chi connectivity index (χ3v) is 2.30. The number of hydrogen-bond acceptors (Lipinski definition) is 4. The number of nitrogens with one attached hydrogen (secondary N) is 2. The van der Waals surface area contributed by atoms with E-state index in [1.165, 1.54) is 0 Å². The van der Waals surface area contributed by atoms with E-state index in [2.05, 4.69) is 22.5 Å². The Morgan fingerprint density at radius 2 is 2.12 bits per heavy atom. The quantitative estimate of drug-likeness (QED) is 0.662. The van der Waals surface area contributed by atoms with Crippen molar-refractivity contribution in [3.63, 3.8) is 0 Å². The first-order valence-electron chi connectivity index (χ1n) is 5.84. The number of anilines is 2. The Bertz CT molecular complexity index is 304. The molecule has 0 radical (unpaired) electrons. The first-order chi connectivity index (χ1) is 7.76. The Balaban J connectivity index is 2.49. The second kappa shape index (κ2) is 7.06. The summed E-state index contributed by atoms with van der Waals surface area (Å²) in [6.45, 7) is 5.26. The van der Waals surface area contributed by atoms with Gasteiger partial charge in [0.1, 0.15) is 11.6 Å². The fourth-order valence-electron chi connectivity index (χ4n) is 1.52. The molecule has 0 saturated heterocycles. The van der Waals surface area contributed by atoms with Crippen LogP contribution in [0.4, 0.5) is 11.6 Å². The standard InChI is InChI=1S/C12H21N3O/c1-3-13-11-7-4-8-12(15-11)14-10(2)6-5-9-16/h4,7-8,10,16H,3,5-6,9H2,1-2H3,(H2,13,14,15). The highest BCUT2D eigenvalue weighted by Crippen LogP contribution is 2.11. The van der Waals surface area contributed by atoms with Crippen LogP contribution in [0.1, 0.15) is 26.7 Å². The molecule has 4 heteroatoms. The van der Waals surface area contributed by atoms with Crippen LogP contribution in [-0.2, 0) is 0 Å². The summed E-state index contributed by atoms with van der Waals surface area (Å²) in [7, 11) is 0. The van der Waals surface area contributed by atoms with E-state index < -0.39 is 0 Å². The van der Waals surface area contributed by atoms with Gasteiger partial charge in [-0.05, 0) is 38.8 Å². The molecule has 1 heterocycles. The number of nitrogens with zero attached hydrogens (tertiary/aromatic N) is 1. The van der Waals surface area contributed by atoms with E-state index in [0.29, 0.717) is 6.04 Å². The van der Waals surface area contributed by atoms with Gasteiger partial charge in [-0.2, -0.15) is 0 Å². The van der Waals surface area contributed by atoms with Gasteiger partial charge in [-0.15, -0.1) is 0 Å². The van der Waals surface area contributed by atoms with Crippen molar-refractivity contribution in [1.82, 2.24) is 4.98 Å². The third-order valence-electron chi connectivity index (χ3n) is 2.30. The average molecular weight is 223 g/mol. The molecule has 90 valence electrons. The first-order valence-corrected chi connectivity index (χ1v) is 5.84. The van der Waals surface area contributed by atoms with Gasteiger partial charge in [-0.3, -0.25) is 0 Å². The maximum atomic E-state index is 8.74. The van der Waals surface area contributed by atoms with Crippen molar-refractivity contribution in [2.24, 2.45) is 0 Å². The fourth-order valence-corrected chi connectivity index (χ4v) is 1.52. The molecule has 0 amide bonds. The van der Waals surface area contributed by atoms with Gasteiger partial charge in [0, 0.05) is 19.2 Å². The molecule has 0 spiro atoms. The van der Waals surface area contributed by atoms with Gasteiger partial charge in [0.2, 0.25) is 0 Å². The minimum absolute atomic E-state index is 0.247. The molecule has 0 aliphatic carbocycles. The van der Waals surface area contributed by atoms with Gasteiger partial charge in [0.05, 0.1) is 0 Å². The van der Waals surface area contributed by atoms with E-state index >= 15 is 0 Å². The monoisotopic (exact) mass is 223 g/mol. The lowest BCUT2D eigenvalue weighted by Crippen LogP contribution is -2.16. The van der Waals surface area contributed by atoms with Gasteiger partial charge in [-0.1, -0.05) is 6.07 Å². The molecular formula is C12H21N3O. The van der Waals surface area contributed by atoms with Crippen LogP contribution in [0.2, 0.25) is 0 Å². The molecule has 16 heavy (non-hydrogen) atoms. The van der Waals surface area contributed by atoms with Crippen LogP contribution in [0.5, 0.6) is 0 Å². The molecule has 1 aromatic rings. The van der Waals surface area contributed by atoms with Gasteiger partial charge in [-0.25, -0.2) is 4.98 Å². The summed E-state index contributed by atoms with van der Waals surface area (Å²) in [5.74, 6) is 1.77. The molecular weight excluding hydrogens is 202 g/mol. The summed E-state index contributed by atoms with van der Waals surface area (Å²) < 4.78 is 0. The zero-order valence-corrected chi connectivity index (χ0v) is 10.0. The van der Waals surface area contributed by atoms with Crippen LogP contribution < -0.4 is 10.6 Å². The molecule has 3 N–H and O–H groups in total. The lowest BCUT2D eigenvalue weighted by Gasteiger charge is -2.14. The maximum absolute atomic E-state index is 8.74. The van der Waals surface area contributed by atoms with Crippen molar-refractivity contribution in [2.75, 3.05) is 23.8 Å². The minimum atomic E-state index is 0.247. The summed E-state index contributed by atoms with van der Waals surface area (Å²) >= 11 is 0. The summed E-state index contributed by atoms with van der Waals surface area (Å²) in [5.41, 5.74) is 0. The highest BCUT2D eigenvalue weighted by atomic mass is 16.2. The summed E-state index contributed by atoms with van der Waals surface area (Å²) in [6, 6.07) is 6.21. The molecule has 1 aromatic heterocycles. The van der Waals surface area contributed by atoms with E-state index in [1.54, 1.807) is 0 Å². The van der Waals surface area contributed by atoms with E-state index in [0.717, 1.165) is 31.0 Å². The van der Waals surface area contributed by atoms with E-state index in [-0.39, 0.29) is 6.61 Å². The van der Waals surface area contributed by atoms with Gasteiger partial charge < -0.3 is 15.7 Å². The molecule has 1 atom stereocenters. The molecule has 4 nitrogen and oxygen atoms in total. The summed E-state index contributed by atoms with van der Waals surface area (Å²) in [6.07, 6.45) is 1.77. The van der Waals surface area contributed by atoms with Crippen molar-refractivity contribution in [1.29, 1.82) is 0 Å². The predicted molar refractivity (Wildman–Crippen MR) is 67.8 cm³/mol. The Labute approximate surface area is 97.1 Å². The number of aromatic nitrogens is 1. The fraction of sp³-hybridized carbons (Fsp3) is 0.583. The Morgan fingerprint density at radius 3 is 2.81 bits per heavy atom. The zero-order valence-electron chi connectivity index (χ0n) is 10.0. The lowest BCUT2D eigenvalue weighted by atomic mass is 10.2. The van der Waals surface area contributed by atoms with Crippen LogP contribution in [0.15, 0.2) is 18.2 Å². The number of rotatable bonds is 7. The summed E-state index contributed by atoms with van der Waals surface area (Å²) in [4.78, 5) is 4.43. The molecule has 1 rings (SSSR count). The van der Waals surface area contributed by atoms with Crippen molar-refractivity contribution in [3.8, 4) is 0 Å². The van der Waals surface area contributed by atoms with Crippen molar-refractivity contribution < 1.29 is 5.11 Å². The molecule has 0 bridgehead atoms. The minimum Gasteiger partial charge on any atom is -0.396 e. The topological polar surface area (TPSA) is 57.2 Å². The maximum Gasteiger partial charge on any atom is 0.128 e. The highest BCUT2D eigenvalue weighted by molar-refractivity contribution is 5.45. The van der Waals surface area contributed by atoms with Crippen LogP contribution in [0.25, 0.3) is 0 Å². The summed E-state index contributed by atoms with van der Waals surface area (Å²) in [5, 5.41) is 15.2. The van der Waals surface area contributed by atoms with E-state index in [9.17, 15) is 0 Å². The largest absolute Gasteiger partial charge is 0.396 e.